The summed E-state index contributed by atoms with van der Waals surface area (Å²) in [6.07, 6.45) is 2.60. The van der Waals surface area contributed by atoms with Crippen LogP contribution in [0.3, 0.4) is 0 Å². The molecule has 2 rings (SSSR count). The lowest BCUT2D eigenvalue weighted by Crippen LogP contribution is -2.44. The summed E-state index contributed by atoms with van der Waals surface area (Å²) >= 11 is 0. The summed E-state index contributed by atoms with van der Waals surface area (Å²) in [5.74, 6) is 0.738. The molecular formula is C15H27N3. The third-order valence-electron chi connectivity index (χ3n) is 4.27. The normalized spacial score (nSPS) is 24.1. The van der Waals surface area contributed by atoms with Gasteiger partial charge in [-0.2, -0.15) is 5.10 Å². The van der Waals surface area contributed by atoms with Gasteiger partial charge in [0.15, 0.2) is 0 Å². The summed E-state index contributed by atoms with van der Waals surface area (Å²) in [6.45, 7) is 14.3. The zero-order valence-electron chi connectivity index (χ0n) is 12.7. The van der Waals surface area contributed by atoms with E-state index in [1.807, 2.05) is 0 Å². The Balaban J connectivity index is 2.04. The minimum atomic E-state index is 0.213. The molecule has 1 N–H and O–H groups in total. The zero-order chi connectivity index (χ0) is 13.5. The summed E-state index contributed by atoms with van der Waals surface area (Å²) in [5, 5.41) is 8.34. The predicted octanol–water partition coefficient (Wildman–Crippen LogP) is 3.15. The standard InChI is InChI=1S/C15H27N3/c1-10-11(2)17-18(12(10)3)14-8-7-13(14)9-16-15(4,5)6/h13-14,16H,7-9H2,1-6H3. The van der Waals surface area contributed by atoms with Crippen LogP contribution in [0.4, 0.5) is 0 Å². The Morgan fingerprint density at radius 1 is 1.22 bits per heavy atom. The molecule has 0 saturated heterocycles. The van der Waals surface area contributed by atoms with Crippen LogP contribution in [-0.4, -0.2) is 21.9 Å². The minimum absolute atomic E-state index is 0.213. The van der Waals surface area contributed by atoms with Crippen LogP contribution in [0.1, 0.15) is 56.6 Å². The first kappa shape index (κ1) is 13.6. The van der Waals surface area contributed by atoms with E-state index in [-0.39, 0.29) is 5.54 Å². The molecule has 1 aliphatic rings. The molecule has 2 atom stereocenters. The molecule has 2 unspecified atom stereocenters. The molecule has 1 fully saturated rings. The number of hydrogen-bond donors (Lipinski definition) is 1. The summed E-state index contributed by atoms with van der Waals surface area (Å²) in [4.78, 5) is 0. The van der Waals surface area contributed by atoms with E-state index in [0.29, 0.717) is 6.04 Å². The topological polar surface area (TPSA) is 29.9 Å². The van der Waals surface area contributed by atoms with Gasteiger partial charge in [-0.25, -0.2) is 0 Å². The average molecular weight is 249 g/mol. The van der Waals surface area contributed by atoms with Gasteiger partial charge in [0.25, 0.3) is 0 Å². The van der Waals surface area contributed by atoms with Gasteiger partial charge in [-0.05, 0) is 65.9 Å². The number of nitrogens with zero attached hydrogens (tertiary/aromatic N) is 2. The Labute approximate surface area is 111 Å². The van der Waals surface area contributed by atoms with Gasteiger partial charge in [-0.3, -0.25) is 4.68 Å². The van der Waals surface area contributed by atoms with Gasteiger partial charge >= 0.3 is 0 Å². The summed E-state index contributed by atoms with van der Waals surface area (Å²) in [7, 11) is 0. The highest BCUT2D eigenvalue weighted by Gasteiger charge is 2.34. The van der Waals surface area contributed by atoms with Crippen molar-refractivity contribution >= 4 is 0 Å². The van der Waals surface area contributed by atoms with Crippen molar-refractivity contribution in [2.75, 3.05) is 6.54 Å². The third kappa shape index (κ3) is 2.61. The highest BCUT2D eigenvalue weighted by molar-refractivity contribution is 5.23. The maximum atomic E-state index is 4.72. The molecule has 3 heteroatoms. The molecule has 3 nitrogen and oxygen atoms in total. The maximum absolute atomic E-state index is 4.72. The number of nitrogens with one attached hydrogen (secondary N) is 1. The lowest BCUT2D eigenvalue weighted by Gasteiger charge is -2.39. The van der Waals surface area contributed by atoms with Crippen LogP contribution in [0.5, 0.6) is 0 Å². The van der Waals surface area contributed by atoms with Crippen molar-refractivity contribution in [1.29, 1.82) is 0 Å². The van der Waals surface area contributed by atoms with Crippen molar-refractivity contribution in [3.8, 4) is 0 Å². The Kier molecular flexibility index (Phi) is 3.54. The SMILES string of the molecule is Cc1nn(C2CCC2CNC(C)(C)C)c(C)c1C. The van der Waals surface area contributed by atoms with Gasteiger partial charge in [-0.1, -0.05) is 0 Å². The Hall–Kier alpha value is -0.830. The molecule has 0 bridgehead atoms. The van der Waals surface area contributed by atoms with Crippen LogP contribution >= 0.6 is 0 Å². The first-order chi connectivity index (χ1) is 8.29. The third-order valence-corrected chi connectivity index (χ3v) is 4.27. The predicted molar refractivity (Wildman–Crippen MR) is 76.0 cm³/mol. The van der Waals surface area contributed by atoms with Crippen molar-refractivity contribution in [3.63, 3.8) is 0 Å². The van der Waals surface area contributed by atoms with E-state index < -0.39 is 0 Å². The fourth-order valence-corrected chi connectivity index (χ4v) is 2.62. The highest BCUT2D eigenvalue weighted by atomic mass is 15.3. The van der Waals surface area contributed by atoms with Gasteiger partial charge in [0.1, 0.15) is 0 Å². The van der Waals surface area contributed by atoms with Gasteiger partial charge < -0.3 is 5.32 Å². The molecule has 18 heavy (non-hydrogen) atoms. The molecule has 1 saturated carbocycles. The van der Waals surface area contributed by atoms with Gasteiger partial charge in [0.05, 0.1) is 11.7 Å². The number of aryl methyl sites for hydroxylation is 1. The molecule has 1 aromatic rings. The van der Waals surface area contributed by atoms with Crippen LogP contribution in [0.2, 0.25) is 0 Å². The minimum Gasteiger partial charge on any atom is -0.312 e. The molecule has 0 aromatic carbocycles. The molecule has 0 amide bonds. The maximum Gasteiger partial charge on any atom is 0.0625 e. The van der Waals surface area contributed by atoms with Crippen LogP contribution < -0.4 is 5.32 Å². The van der Waals surface area contributed by atoms with Crippen molar-refractivity contribution in [1.82, 2.24) is 15.1 Å². The summed E-state index contributed by atoms with van der Waals surface area (Å²) < 4.78 is 2.27. The summed E-state index contributed by atoms with van der Waals surface area (Å²) in [5.41, 5.74) is 4.09. The van der Waals surface area contributed by atoms with Gasteiger partial charge in [-0.15, -0.1) is 0 Å². The lowest BCUT2D eigenvalue weighted by molar-refractivity contribution is 0.150. The molecule has 1 aliphatic carbocycles. The van der Waals surface area contributed by atoms with E-state index in [2.05, 4.69) is 51.5 Å². The van der Waals surface area contributed by atoms with Gasteiger partial charge in [0, 0.05) is 17.8 Å². The van der Waals surface area contributed by atoms with E-state index in [9.17, 15) is 0 Å². The Bertz CT molecular complexity index is 426. The first-order valence-corrected chi connectivity index (χ1v) is 7.07. The van der Waals surface area contributed by atoms with Crippen LogP contribution in [0, 0.1) is 26.7 Å². The number of hydrogen-bond acceptors (Lipinski definition) is 2. The van der Waals surface area contributed by atoms with Crippen molar-refractivity contribution in [3.05, 3.63) is 17.0 Å². The van der Waals surface area contributed by atoms with E-state index in [1.165, 1.54) is 29.8 Å². The zero-order valence-corrected chi connectivity index (χ0v) is 12.7. The number of rotatable bonds is 3. The quantitative estimate of drug-likeness (QED) is 0.892. The highest BCUT2D eigenvalue weighted by Crippen LogP contribution is 2.39. The van der Waals surface area contributed by atoms with Crippen LogP contribution in [0.15, 0.2) is 0 Å². The summed E-state index contributed by atoms with van der Waals surface area (Å²) in [6, 6.07) is 0.604. The molecule has 0 radical (unpaired) electrons. The molecule has 0 spiro atoms. The Morgan fingerprint density at radius 3 is 2.28 bits per heavy atom. The fraction of sp³-hybridized carbons (Fsp3) is 0.800. The van der Waals surface area contributed by atoms with Crippen molar-refractivity contribution in [2.24, 2.45) is 5.92 Å². The lowest BCUT2D eigenvalue weighted by atomic mass is 9.79. The van der Waals surface area contributed by atoms with Crippen molar-refractivity contribution < 1.29 is 0 Å². The molecular weight excluding hydrogens is 222 g/mol. The van der Waals surface area contributed by atoms with Crippen LogP contribution in [0.25, 0.3) is 0 Å². The molecule has 0 aliphatic heterocycles. The van der Waals surface area contributed by atoms with Crippen LogP contribution in [-0.2, 0) is 0 Å². The van der Waals surface area contributed by atoms with E-state index in [4.69, 9.17) is 5.10 Å². The molecule has 1 aromatic heterocycles. The second-order valence-electron chi connectivity index (χ2n) is 6.78. The smallest absolute Gasteiger partial charge is 0.0625 e. The largest absolute Gasteiger partial charge is 0.312 e. The Morgan fingerprint density at radius 2 is 1.89 bits per heavy atom. The average Bonchev–Trinajstić information content (AvgIpc) is 2.44. The first-order valence-electron chi connectivity index (χ1n) is 7.07. The van der Waals surface area contributed by atoms with E-state index >= 15 is 0 Å². The van der Waals surface area contributed by atoms with E-state index in [0.717, 1.165) is 12.5 Å². The second kappa shape index (κ2) is 4.69. The monoisotopic (exact) mass is 249 g/mol. The number of aromatic nitrogens is 2. The second-order valence-corrected chi connectivity index (χ2v) is 6.78. The van der Waals surface area contributed by atoms with E-state index in [1.54, 1.807) is 0 Å². The van der Waals surface area contributed by atoms with Crippen molar-refractivity contribution in [2.45, 2.75) is 66.0 Å². The molecule has 1 heterocycles. The van der Waals surface area contributed by atoms with Gasteiger partial charge in [0.2, 0.25) is 0 Å². The molecule has 102 valence electrons. The fourth-order valence-electron chi connectivity index (χ4n) is 2.62.